The van der Waals surface area contributed by atoms with Crippen molar-refractivity contribution in [1.29, 1.82) is 0 Å². The van der Waals surface area contributed by atoms with Crippen molar-refractivity contribution in [3.8, 4) is 0 Å². The Labute approximate surface area is 147 Å². The molecule has 2 amide bonds. The Kier molecular flexibility index (Phi) is 5.98. The van der Waals surface area contributed by atoms with E-state index in [0.29, 0.717) is 26.3 Å². The van der Waals surface area contributed by atoms with Gasteiger partial charge in [-0.1, -0.05) is 53.0 Å². The van der Waals surface area contributed by atoms with Gasteiger partial charge in [-0.15, -0.1) is 0 Å². The lowest BCUT2D eigenvalue weighted by atomic mass is 10.2. The van der Waals surface area contributed by atoms with Gasteiger partial charge >= 0.3 is 11.8 Å². The van der Waals surface area contributed by atoms with Crippen LogP contribution in [0.1, 0.15) is 5.56 Å². The van der Waals surface area contributed by atoms with E-state index >= 15 is 0 Å². The van der Waals surface area contributed by atoms with E-state index in [0.717, 1.165) is 0 Å². The third-order valence-corrected chi connectivity index (χ3v) is 3.38. The van der Waals surface area contributed by atoms with Gasteiger partial charge in [0.2, 0.25) is 0 Å². The summed E-state index contributed by atoms with van der Waals surface area (Å²) >= 11 is 17.5. The van der Waals surface area contributed by atoms with Gasteiger partial charge in [0.05, 0.1) is 6.21 Å². The lowest BCUT2D eigenvalue weighted by Gasteiger charge is -2.05. The molecule has 0 radical (unpaired) electrons. The number of anilines is 1. The van der Waals surface area contributed by atoms with Gasteiger partial charge in [-0.05, 0) is 24.3 Å². The summed E-state index contributed by atoms with van der Waals surface area (Å²) in [4.78, 5) is 23.4. The molecule has 0 saturated heterocycles. The van der Waals surface area contributed by atoms with Crippen LogP contribution in [0.5, 0.6) is 0 Å². The second kappa shape index (κ2) is 7.97. The van der Waals surface area contributed by atoms with Gasteiger partial charge in [0.15, 0.2) is 0 Å². The van der Waals surface area contributed by atoms with E-state index in [1.165, 1.54) is 24.4 Å². The minimum Gasteiger partial charge on any atom is -0.318 e. The largest absolute Gasteiger partial charge is 0.329 e. The van der Waals surface area contributed by atoms with Gasteiger partial charge < -0.3 is 5.32 Å². The molecule has 0 heterocycles. The van der Waals surface area contributed by atoms with E-state index in [4.69, 9.17) is 34.8 Å². The Hall–Kier alpha value is -2.08. The Morgan fingerprint density at radius 3 is 2.26 bits per heavy atom. The molecule has 0 aromatic heterocycles. The van der Waals surface area contributed by atoms with Crippen molar-refractivity contribution in [3.63, 3.8) is 0 Å². The van der Waals surface area contributed by atoms with Gasteiger partial charge in [0.25, 0.3) is 0 Å². The number of amides is 2. The number of carbonyl (C=O) groups is 2. The van der Waals surface area contributed by atoms with E-state index in [1.54, 1.807) is 24.3 Å². The summed E-state index contributed by atoms with van der Waals surface area (Å²) in [5.74, 6) is -1.84. The maximum absolute atomic E-state index is 11.7. The second-order valence-corrected chi connectivity index (χ2v) is 5.61. The van der Waals surface area contributed by atoms with E-state index in [2.05, 4.69) is 15.8 Å². The van der Waals surface area contributed by atoms with Crippen LogP contribution in [0.4, 0.5) is 5.69 Å². The predicted octanol–water partition coefficient (Wildman–Crippen LogP) is 3.74. The molecule has 0 spiro atoms. The number of rotatable bonds is 3. The third-order valence-electron chi connectivity index (χ3n) is 2.60. The number of hydrazone groups is 1. The molecule has 0 aliphatic heterocycles. The number of nitrogens with zero attached hydrogens (tertiary/aromatic N) is 1. The van der Waals surface area contributed by atoms with Crippen molar-refractivity contribution in [3.05, 3.63) is 63.1 Å². The lowest BCUT2D eigenvalue weighted by Crippen LogP contribution is -2.32. The summed E-state index contributed by atoms with van der Waals surface area (Å²) in [6, 6.07) is 11.4. The topological polar surface area (TPSA) is 70.6 Å². The molecule has 2 aromatic carbocycles. The molecule has 0 aliphatic rings. The molecular weight excluding hydrogens is 361 g/mol. The lowest BCUT2D eigenvalue weighted by molar-refractivity contribution is -0.136. The fourth-order valence-electron chi connectivity index (χ4n) is 1.60. The highest BCUT2D eigenvalue weighted by atomic mass is 35.5. The first-order chi connectivity index (χ1) is 11.0. The molecule has 0 aliphatic carbocycles. The first-order valence-electron chi connectivity index (χ1n) is 6.31. The zero-order valence-corrected chi connectivity index (χ0v) is 13.8. The third kappa shape index (κ3) is 5.25. The zero-order chi connectivity index (χ0) is 16.8. The minimum atomic E-state index is -0.940. The van der Waals surface area contributed by atoms with Gasteiger partial charge in [0.1, 0.15) is 0 Å². The highest BCUT2D eigenvalue weighted by molar-refractivity contribution is 6.40. The Bertz CT molecular complexity index is 758. The SMILES string of the molecule is O=C(NN=Cc1ccccc1Cl)C(=O)Nc1cc(Cl)cc(Cl)c1. The first-order valence-corrected chi connectivity index (χ1v) is 7.44. The molecular formula is C15H10Cl3N3O2. The standard InChI is InChI=1S/C15H10Cl3N3O2/c16-10-5-11(17)7-12(6-10)20-14(22)15(23)21-19-8-9-3-1-2-4-13(9)18/h1-8H,(H,20,22)(H,21,23). The van der Waals surface area contributed by atoms with Crippen LogP contribution >= 0.6 is 34.8 Å². The molecule has 0 fully saturated rings. The van der Waals surface area contributed by atoms with E-state index in [9.17, 15) is 9.59 Å². The monoisotopic (exact) mass is 369 g/mol. The summed E-state index contributed by atoms with van der Waals surface area (Å²) in [7, 11) is 0. The zero-order valence-electron chi connectivity index (χ0n) is 11.5. The van der Waals surface area contributed by atoms with Crippen molar-refractivity contribution in [2.75, 3.05) is 5.32 Å². The Morgan fingerprint density at radius 1 is 0.957 bits per heavy atom. The van der Waals surface area contributed by atoms with Gasteiger partial charge in [-0.25, -0.2) is 5.43 Å². The number of halogens is 3. The average molecular weight is 371 g/mol. The van der Waals surface area contributed by atoms with Gasteiger partial charge in [-0.2, -0.15) is 5.10 Å². The van der Waals surface area contributed by atoms with Crippen LogP contribution < -0.4 is 10.7 Å². The molecule has 23 heavy (non-hydrogen) atoms. The molecule has 0 saturated carbocycles. The first kappa shape index (κ1) is 17.3. The Balaban J connectivity index is 1.95. The van der Waals surface area contributed by atoms with Crippen LogP contribution in [-0.4, -0.2) is 18.0 Å². The summed E-state index contributed by atoms with van der Waals surface area (Å²) in [6.45, 7) is 0. The van der Waals surface area contributed by atoms with E-state index < -0.39 is 11.8 Å². The highest BCUT2D eigenvalue weighted by Gasteiger charge is 2.13. The second-order valence-electron chi connectivity index (χ2n) is 4.33. The van der Waals surface area contributed by atoms with Gasteiger partial charge in [-0.3, -0.25) is 9.59 Å². The fourth-order valence-corrected chi connectivity index (χ4v) is 2.32. The van der Waals surface area contributed by atoms with Gasteiger partial charge in [0, 0.05) is 26.3 Å². The number of carbonyl (C=O) groups excluding carboxylic acids is 2. The normalized spacial score (nSPS) is 10.6. The molecule has 8 heteroatoms. The van der Waals surface area contributed by atoms with E-state index in [1.807, 2.05) is 0 Å². The van der Waals surface area contributed by atoms with Crippen LogP contribution in [0.2, 0.25) is 15.1 Å². The summed E-state index contributed by atoms with van der Waals surface area (Å²) in [5, 5.41) is 7.19. The number of nitrogens with one attached hydrogen (secondary N) is 2. The average Bonchev–Trinajstić information content (AvgIpc) is 2.48. The number of hydrogen-bond acceptors (Lipinski definition) is 3. The van der Waals surface area contributed by atoms with Crippen LogP contribution in [0, 0.1) is 0 Å². The number of benzene rings is 2. The highest BCUT2D eigenvalue weighted by Crippen LogP contribution is 2.22. The van der Waals surface area contributed by atoms with Crippen molar-refractivity contribution >= 4 is 58.5 Å². The molecule has 2 rings (SSSR count). The maximum atomic E-state index is 11.7. The smallest absolute Gasteiger partial charge is 0.318 e. The molecule has 118 valence electrons. The molecule has 2 aromatic rings. The number of hydrogen-bond donors (Lipinski definition) is 2. The molecule has 0 bridgehead atoms. The fraction of sp³-hybridized carbons (Fsp3) is 0. The predicted molar refractivity (Wildman–Crippen MR) is 92.3 cm³/mol. The van der Waals surface area contributed by atoms with Crippen LogP contribution in [0.15, 0.2) is 47.6 Å². The maximum Gasteiger partial charge on any atom is 0.329 e. The Morgan fingerprint density at radius 2 is 1.61 bits per heavy atom. The molecule has 5 nitrogen and oxygen atoms in total. The summed E-state index contributed by atoms with van der Waals surface area (Å²) < 4.78 is 0. The van der Waals surface area contributed by atoms with Crippen LogP contribution in [0.3, 0.4) is 0 Å². The molecule has 0 atom stereocenters. The van der Waals surface area contributed by atoms with Crippen molar-refractivity contribution in [2.45, 2.75) is 0 Å². The van der Waals surface area contributed by atoms with Crippen molar-refractivity contribution < 1.29 is 9.59 Å². The summed E-state index contributed by atoms with van der Waals surface area (Å²) in [6.07, 6.45) is 1.34. The minimum absolute atomic E-state index is 0.303. The van der Waals surface area contributed by atoms with Crippen molar-refractivity contribution in [2.24, 2.45) is 5.10 Å². The molecule has 0 unspecified atom stereocenters. The summed E-state index contributed by atoms with van der Waals surface area (Å²) in [5.41, 5.74) is 3.01. The van der Waals surface area contributed by atoms with Crippen molar-refractivity contribution in [1.82, 2.24) is 5.43 Å². The van der Waals surface area contributed by atoms with Crippen LogP contribution in [-0.2, 0) is 9.59 Å². The molecule has 2 N–H and O–H groups in total. The van der Waals surface area contributed by atoms with Crippen LogP contribution in [0.25, 0.3) is 0 Å². The quantitative estimate of drug-likeness (QED) is 0.491. The van der Waals surface area contributed by atoms with E-state index in [-0.39, 0.29) is 0 Å².